The van der Waals surface area contributed by atoms with Crippen LogP contribution in [0.4, 0.5) is 5.69 Å². The van der Waals surface area contributed by atoms with Crippen molar-refractivity contribution in [3.05, 3.63) is 29.8 Å². The van der Waals surface area contributed by atoms with Crippen molar-refractivity contribution in [2.24, 2.45) is 5.92 Å². The van der Waals surface area contributed by atoms with Gasteiger partial charge in [0.15, 0.2) is 0 Å². The van der Waals surface area contributed by atoms with Gasteiger partial charge in [0.1, 0.15) is 0 Å². The van der Waals surface area contributed by atoms with Crippen LogP contribution in [0.3, 0.4) is 0 Å². The van der Waals surface area contributed by atoms with E-state index in [9.17, 15) is 4.79 Å². The van der Waals surface area contributed by atoms with E-state index in [1.165, 1.54) is 11.3 Å². The average Bonchev–Trinajstić information content (AvgIpc) is 2.45. The molecule has 0 unspecified atom stereocenters. The van der Waals surface area contributed by atoms with Crippen molar-refractivity contribution in [3.8, 4) is 0 Å². The molecule has 1 amide bonds. The van der Waals surface area contributed by atoms with Gasteiger partial charge < -0.3 is 10.2 Å². The number of nitrogens with one attached hydrogen (secondary N) is 1. The van der Waals surface area contributed by atoms with E-state index in [2.05, 4.69) is 62.2 Å². The van der Waals surface area contributed by atoms with E-state index in [4.69, 9.17) is 0 Å². The molecule has 0 aliphatic rings. The van der Waals surface area contributed by atoms with E-state index in [-0.39, 0.29) is 11.8 Å². The number of benzene rings is 1. The molecule has 1 rings (SSSR count). The van der Waals surface area contributed by atoms with Crippen LogP contribution in [0.15, 0.2) is 24.3 Å². The van der Waals surface area contributed by atoms with Gasteiger partial charge in [-0.3, -0.25) is 4.79 Å². The average molecular weight is 276 g/mol. The van der Waals surface area contributed by atoms with Crippen molar-refractivity contribution in [2.75, 3.05) is 24.5 Å². The summed E-state index contributed by atoms with van der Waals surface area (Å²) >= 11 is 0. The molecule has 3 nitrogen and oxygen atoms in total. The van der Waals surface area contributed by atoms with Crippen molar-refractivity contribution in [1.29, 1.82) is 0 Å². The van der Waals surface area contributed by atoms with Crippen molar-refractivity contribution in [3.63, 3.8) is 0 Å². The zero-order valence-corrected chi connectivity index (χ0v) is 13.3. The zero-order valence-electron chi connectivity index (χ0n) is 13.3. The van der Waals surface area contributed by atoms with Crippen molar-refractivity contribution in [1.82, 2.24) is 5.32 Å². The summed E-state index contributed by atoms with van der Waals surface area (Å²) in [4.78, 5) is 14.2. The Hall–Kier alpha value is -1.51. The van der Waals surface area contributed by atoms with Gasteiger partial charge in [-0.05, 0) is 44.4 Å². The normalized spacial score (nSPS) is 10.7. The lowest BCUT2D eigenvalue weighted by molar-refractivity contribution is -0.125. The van der Waals surface area contributed by atoms with E-state index in [1.54, 1.807) is 0 Å². The number of carbonyl (C=O) groups excluding carboxylic acids is 1. The Morgan fingerprint density at radius 3 is 2.50 bits per heavy atom. The molecule has 20 heavy (non-hydrogen) atoms. The molecule has 0 aromatic heterocycles. The Morgan fingerprint density at radius 2 is 1.95 bits per heavy atom. The van der Waals surface area contributed by atoms with Crippen molar-refractivity contribution in [2.45, 2.75) is 40.5 Å². The van der Waals surface area contributed by atoms with Gasteiger partial charge in [0, 0.05) is 31.2 Å². The van der Waals surface area contributed by atoms with E-state index >= 15 is 0 Å². The topological polar surface area (TPSA) is 32.3 Å². The highest BCUT2D eigenvalue weighted by Crippen LogP contribution is 2.15. The standard InChI is InChI=1S/C17H28N2O/c1-5-15(6-2)17(20)18-11-12-19(7-3)16-10-8-9-14(4)13-16/h8-10,13,15H,5-7,11-12H2,1-4H3,(H,18,20). The van der Waals surface area contributed by atoms with Crippen molar-refractivity contribution >= 4 is 11.6 Å². The molecule has 0 aliphatic carbocycles. The lowest BCUT2D eigenvalue weighted by Gasteiger charge is -2.24. The van der Waals surface area contributed by atoms with Crippen LogP contribution in [0.25, 0.3) is 0 Å². The summed E-state index contributed by atoms with van der Waals surface area (Å²) in [6, 6.07) is 8.49. The first-order valence-electron chi connectivity index (χ1n) is 7.71. The maximum absolute atomic E-state index is 11.9. The van der Waals surface area contributed by atoms with E-state index in [1.807, 2.05) is 0 Å². The molecule has 3 heteroatoms. The number of amides is 1. The summed E-state index contributed by atoms with van der Waals surface area (Å²) < 4.78 is 0. The van der Waals surface area contributed by atoms with Gasteiger partial charge in [0.05, 0.1) is 0 Å². The lowest BCUT2D eigenvalue weighted by Crippen LogP contribution is -2.37. The summed E-state index contributed by atoms with van der Waals surface area (Å²) in [5, 5.41) is 3.05. The molecule has 0 atom stereocenters. The smallest absolute Gasteiger partial charge is 0.223 e. The van der Waals surface area contributed by atoms with Crippen LogP contribution in [-0.2, 0) is 4.79 Å². The molecule has 1 aromatic carbocycles. The first-order chi connectivity index (χ1) is 9.62. The van der Waals surface area contributed by atoms with Gasteiger partial charge in [0.2, 0.25) is 5.91 Å². The highest BCUT2D eigenvalue weighted by Gasteiger charge is 2.13. The van der Waals surface area contributed by atoms with Crippen LogP contribution in [0.5, 0.6) is 0 Å². The largest absolute Gasteiger partial charge is 0.370 e. The number of hydrogen-bond acceptors (Lipinski definition) is 2. The van der Waals surface area contributed by atoms with Crippen LogP contribution in [0.1, 0.15) is 39.2 Å². The zero-order chi connectivity index (χ0) is 15.0. The van der Waals surface area contributed by atoms with Gasteiger partial charge in [-0.2, -0.15) is 0 Å². The molecule has 0 fully saturated rings. The van der Waals surface area contributed by atoms with Crippen molar-refractivity contribution < 1.29 is 4.79 Å². The molecule has 0 spiro atoms. The maximum atomic E-state index is 11.9. The summed E-state index contributed by atoms with van der Waals surface area (Å²) in [6.45, 7) is 10.9. The van der Waals surface area contributed by atoms with Gasteiger partial charge in [-0.25, -0.2) is 0 Å². The molecular formula is C17H28N2O. The molecule has 1 N–H and O–H groups in total. The Bertz CT molecular complexity index is 413. The van der Waals surface area contributed by atoms with E-state index in [0.717, 1.165) is 25.9 Å². The number of hydrogen-bond donors (Lipinski definition) is 1. The second-order valence-electron chi connectivity index (χ2n) is 5.22. The summed E-state index contributed by atoms with van der Waals surface area (Å²) in [7, 11) is 0. The second-order valence-corrected chi connectivity index (χ2v) is 5.22. The monoisotopic (exact) mass is 276 g/mol. The number of aryl methyl sites for hydroxylation is 1. The number of anilines is 1. The highest BCUT2D eigenvalue weighted by atomic mass is 16.1. The van der Waals surface area contributed by atoms with Crippen LogP contribution >= 0.6 is 0 Å². The minimum atomic E-state index is 0.157. The minimum absolute atomic E-state index is 0.157. The highest BCUT2D eigenvalue weighted by molar-refractivity contribution is 5.78. The fraction of sp³-hybridized carbons (Fsp3) is 0.588. The van der Waals surface area contributed by atoms with E-state index in [0.29, 0.717) is 6.54 Å². The van der Waals surface area contributed by atoms with Crippen LogP contribution in [-0.4, -0.2) is 25.5 Å². The molecule has 0 bridgehead atoms. The third-order valence-corrected chi connectivity index (χ3v) is 3.79. The quantitative estimate of drug-likeness (QED) is 0.789. The second kappa shape index (κ2) is 8.62. The molecule has 0 aliphatic heterocycles. The number of nitrogens with zero attached hydrogens (tertiary/aromatic N) is 1. The molecule has 0 saturated carbocycles. The summed E-state index contributed by atoms with van der Waals surface area (Å²) in [5.41, 5.74) is 2.49. The number of carbonyl (C=O) groups is 1. The molecule has 0 saturated heterocycles. The molecule has 0 radical (unpaired) electrons. The fourth-order valence-corrected chi connectivity index (χ4v) is 2.41. The predicted molar refractivity (Wildman–Crippen MR) is 86.1 cm³/mol. The summed E-state index contributed by atoms with van der Waals surface area (Å²) in [6.07, 6.45) is 1.83. The first-order valence-corrected chi connectivity index (χ1v) is 7.71. The van der Waals surface area contributed by atoms with E-state index < -0.39 is 0 Å². The van der Waals surface area contributed by atoms with Crippen LogP contribution in [0.2, 0.25) is 0 Å². The van der Waals surface area contributed by atoms with Crippen LogP contribution in [0, 0.1) is 12.8 Å². The van der Waals surface area contributed by atoms with Crippen LogP contribution < -0.4 is 10.2 Å². The summed E-state index contributed by atoms with van der Waals surface area (Å²) in [5.74, 6) is 0.347. The fourth-order valence-electron chi connectivity index (χ4n) is 2.41. The Kier molecular flexibility index (Phi) is 7.13. The lowest BCUT2D eigenvalue weighted by atomic mass is 10.0. The first kappa shape index (κ1) is 16.5. The number of likely N-dealkylation sites (N-methyl/N-ethyl adjacent to an activating group) is 1. The van der Waals surface area contributed by atoms with Gasteiger partial charge in [0.25, 0.3) is 0 Å². The maximum Gasteiger partial charge on any atom is 0.223 e. The SMILES string of the molecule is CCC(CC)C(=O)NCCN(CC)c1cccc(C)c1. The predicted octanol–water partition coefficient (Wildman–Crippen LogP) is 3.37. The number of rotatable bonds is 8. The molecule has 112 valence electrons. The molecule has 1 aromatic rings. The van der Waals surface area contributed by atoms with Gasteiger partial charge in [-0.15, -0.1) is 0 Å². The Balaban J connectivity index is 2.48. The molecular weight excluding hydrogens is 248 g/mol. The Labute approximate surface area is 123 Å². The Morgan fingerprint density at radius 1 is 1.25 bits per heavy atom. The van der Waals surface area contributed by atoms with Gasteiger partial charge >= 0.3 is 0 Å². The molecule has 0 heterocycles. The third kappa shape index (κ3) is 4.87. The third-order valence-electron chi connectivity index (χ3n) is 3.79. The minimum Gasteiger partial charge on any atom is -0.370 e. The van der Waals surface area contributed by atoms with Gasteiger partial charge in [-0.1, -0.05) is 26.0 Å².